The van der Waals surface area contributed by atoms with Gasteiger partial charge in [0.25, 0.3) is 5.91 Å². The highest BCUT2D eigenvalue weighted by Gasteiger charge is 2.27. The lowest BCUT2D eigenvalue weighted by Gasteiger charge is -2.33. The first kappa shape index (κ1) is 18.5. The van der Waals surface area contributed by atoms with Crippen molar-refractivity contribution in [2.45, 2.75) is 0 Å². The molecule has 6 nitrogen and oxygen atoms in total. The van der Waals surface area contributed by atoms with Crippen LogP contribution in [0.3, 0.4) is 0 Å². The summed E-state index contributed by atoms with van der Waals surface area (Å²) in [5.74, 6) is -8.74. The van der Waals surface area contributed by atoms with Gasteiger partial charge in [0.1, 0.15) is 0 Å². The summed E-state index contributed by atoms with van der Waals surface area (Å²) in [6.45, 7) is -0.561. The topological polar surface area (TPSA) is 66.9 Å². The Morgan fingerprint density at radius 1 is 1.08 bits per heavy atom. The lowest BCUT2D eigenvalue weighted by Crippen LogP contribution is -2.51. The summed E-state index contributed by atoms with van der Waals surface area (Å²) in [5.41, 5.74) is 0. The van der Waals surface area contributed by atoms with E-state index in [0.29, 0.717) is 0 Å². The molecule has 24 heavy (non-hydrogen) atoms. The maximum atomic E-state index is 13.4. The van der Waals surface area contributed by atoms with Crippen molar-refractivity contribution in [2.75, 3.05) is 39.0 Å². The molecule has 1 aromatic rings. The molecule has 0 radical (unpaired) electrons. The zero-order chi connectivity index (χ0) is 18.1. The van der Waals surface area contributed by atoms with Crippen LogP contribution in [0.15, 0.2) is 6.07 Å². The van der Waals surface area contributed by atoms with Crippen molar-refractivity contribution in [3.63, 3.8) is 0 Å². The molecule has 0 unspecified atom stereocenters. The number of halogens is 4. The third kappa shape index (κ3) is 3.96. The van der Waals surface area contributed by atoms with Gasteiger partial charge in [-0.1, -0.05) is 0 Å². The number of piperazine rings is 1. The largest absolute Gasteiger partial charge is 0.477 e. The number of rotatable bonds is 4. The molecule has 1 aliphatic rings. The molecule has 0 aliphatic carbocycles. The first-order valence-corrected chi connectivity index (χ1v) is 8.64. The zero-order valence-electron chi connectivity index (χ0n) is 12.6. The highest BCUT2D eigenvalue weighted by molar-refractivity contribution is 7.88. The monoisotopic (exact) mass is 370 g/mol. The van der Waals surface area contributed by atoms with Gasteiger partial charge in [-0.3, -0.25) is 4.79 Å². The third-order valence-electron chi connectivity index (χ3n) is 3.47. The Morgan fingerprint density at radius 3 is 2.04 bits per heavy atom. The second-order valence-electron chi connectivity index (χ2n) is 5.13. The fraction of sp³-hybridized carbons (Fsp3) is 0.462. The number of nitrogens with zero attached hydrogens (tertiary/aromatic N) is 2. The Labute approximate surface area is 135 Å². The minimum absolute atomic E-state index is 0.0315. The molecule has 0 saturated carbocycles. The molecular weight excluding hydrogens is 356 g/mol. The predicted octanol–water partition coefficient (Wildman–Crippen LogP) is 0.726. The number of sulfonamides is 1. The van der Waals surface area contributed by atoms with Gasteiger partial charge in [-0.25, -0.2) is 17.2 Å². The van der Waals surface area contributed by atoms with E-state index in [1.54, 1.807) is 0 Å². The summed E-state index contributed by atoms with van der Waals surface area (Å²) < 4.78 is 81.4. The average Bonchev–Trinajstić information content (AvgIpc) is 2.52. The minimum atomic E-state index is -3.37. The van der Waals surface area contributed by atoms with E-state index in [1.807, 2.05) is 0 Å². The van der Waals surface area contributed by atoms with Gasteiger partial charge in [0, 0.05) is 32.2 Å². The molecule has 1 aromatic carbocycles. The minimum Gasteiger partial charge on any atom is -0.477 e. The Kier molecular flexibility index (Phi) is 5.33. The Morgan fingerprint density at radius 2 is 1.58 bits per heavy atom. The number of benzene rings is 1. The molecule has 0 spiro atoms. The number of hydrogen-bond donors (Lipinski definition) is 0. The quantitative estimate of drug-likeness (QED) is 0.579. The predicted molar refractivity (Wildman–Crippen MR) is 74.8 cm³/mol. The number of carbonyl (C=O) groups is 1. The van der Waals surface area contributed by atoms with E-state index in [-0.39, 0.29) is 32.2 Å². The molecule has 1 aliphatic heterocycles. The van der Waals surface area contributed by atoms with Crippen LogP contribution in [0.5, 0.6) is 5.75 Å². The van der Waals surface area contributed by atoms with Crippen LogP contribution in [0.1, 0.15) is 0 Å². The lowest BCUT2D eigenvalue weighted by molar-refractivity contribution is -0.134. The van der Waals surface area contributed by atoms with Gasteiger partial charge in [-0.05, 0) is 0 Å². The average molecular weight is 370 g/mol. The van der Waals surface area contributed by atoms with E-state index in [9.17, 15) is 30.8 Å². The first-order valence-electron chi connectivity index (χ1n) is 6.80. The number of hydrogen-bond acceptors (Lipinski definition) is 4. The van der Waals surface area contributed by atoms with Crippen LogP contribution in [-0.4, -0.2) is 62.6 Å². The molecule has 1 amide bonds. The number of amides is 1. The summed E-state index contributed by atoms with van der Waals surface area (Å²) in [4.78, 5) is 13.2. The normalized spacial score (nSPS) is 16.3. The smallest absolute Gasteiger partial charge is 0.260 e. The molecule has 11 heteroatoms. The first-order chi connectivity index (χ1) is 11.1. The molecule has 0 aromatic heterocycles. The maximum Gasteiger partial charge on any atom is 0.260 e. The molecule has 2 rings (SSSR count). The van der Waals surface area contributed by atoms with Gasteiger partial charge < -0.3 is 9.64 Å². The van der Waals surface area contributed by atoms with E-state index in [2.05, 4.69) is 4.74 Å². The second kappa shape index (κ2) is 6.93. The van der Waals surface area contributed by atoms with Gasteiger partial charge in [0.05, 0.1) is 6.26 Å². The van der Waals surface area contributed by atoms with Gasteiger partial charge in [-0.2, -0.15) is 13.1 Å². The van der Waals surface area contributed by atoms with Crippen molar-refractivity contribution in [3.8, 4) is 5.75 Å². The molecule has 134 valence electrons. The summed E-state index contributed by atoms with van der Waals surface area (Å²) in [7, 11) is -3.37. The van der Waals surface area contributed by atoms with E-state index in [4.69, 9.17) is 0 Å². The van der Waals surface area contributed by atoms with E-state index in [1.165, 1.54) is 9.21 Å². The van der Waals surface area contributed by atoms with Crippen molar-refractivity contribution in [3.05, 3.63) is 29.3 Å². The summed E-state index contributed by atoms with van der Waals surface area (Å²) in [5, 5.41) is 0. The van der Waals surface area contributed by atoms with Gasteiger partial charge >= 0.3 is 0 Å². The molecular formula is C13H14F4N2O4S. The lowest BCUT2D eigenvalue weighted by atomic mass is 10.3. The van der Waals surface area contributed by atoms with Gasteiger partial charge in [-0.15, -0.1) is 0 Å². The second-order valence-corrected chi connectivity index (χ2v) is 7.11. The van der Waals surface area contributed by atoms with Crippen molar-refractivity contribution in [2.24, 2.45) is 0 Å². The van der Waals surface area contributed by atoms with Crippen LogP contribution < -0.4 is 4.74 Å². The van der Waals surface area contributed by atoms with E-state index < -0.39 is 51.6 Å². The Hall–Kier alpha value is -1.88. The van der Waals surface area contributed by atoms with Crippen LogP contribution in [-0.2, 0) is 14.8 Å². The molecule has 0 atom stereocenters. The van der Waals surface area contributed by atoms with Gasteiger partial charge in [0.15, 0.2) is 24.0 Å². The number of ether oxygens (including phenoxy) is 1. The van der Waals surface area contributed by atoms with E-state index >= 15 is 0 Å². The third-order valence-corrected chi connectivity index (χ3v) is 4.78. The summed E-state index contributed by atoms with van der Waals surface area (Å²) in [6.07, 6.45) is 1.04. The zero-order valence-corrected chi connectivity index (χ0v) is 13.4. The van der Waals surface area contributed by atoms with Crippen molar-refractivity contribution < 1.29 is 35.5 Å². The van der Waals surface area contributed by atoms with Crippen LogP contribution in [0.4, 0.5) is 17.6 Å². The Bertz CT molecular complexity index is 723. The molecule has 1 fully saturated rings. The van der Waals surface area contributed by atoms with Crippen LogP contribution in [0, 0.1) is 23.3 Å². The van der Waals surface area contributed by atoms with Crippen LogP contribution in [0.25, 0.3) is 0 Å². The van der Waals surface area contributed by atoms with Crippen LogP contribution >= 0.6 is 0 Å². The molecule has 0 N–H and O–H groups in total. The highest BCUT2D eigenvalue weighted by Crippen LogP contribution is 2.26. The van der Waals surface area contributed by atoms with Crippen molar-refractivity contribution in [1.82, 2.24) is 9.21 Å². The molecule has 1 saturated heterocycles. The molecule has 0 bridgehead atoms. The van der Waals surface area contributed by atoms with E-state index in [0.717, 1.165) is 6.26 Å². The van der Waals surface area contributed by atoms with Crippen LogP contribution in [0.2, 0.25) is 0 Å². The fourth-order valence-electron chi connectivity index (χ4n) is 2.17. The summed E-state index contributed by atoms with van der Waals surface area (Å²) >= 11 is 0. The molecule has 1 heterocycles. The van der Waals surface area contributed by atoms with Crippen molar-refractivity contribution >= 4 is 15.9 Å². The highest BCUT2D eigenvalue weighted by atomic mass is 32.2. The summed E-state index contributed by atoms with van der Waals surface area (Å²) in [6, 6.07) is 0.0315. The maximum absolute atomic E-state index is 13.4. The van der Waals surface area contributed by atoms with Crippen molar-refractivity contribution in [1.29, 1.82) is 0 Å². The number of carbonyl (C=O) groups excluding carboxylic acids is 1. The van der Waals surface area contributed by atoms with Gasteiger partial charge in [0.2, 0.25) is 21.7 Å². The SMILES string of the molecule is CS(=O)(=O)N1CCN(C(=O)COc2c(F)c(F)cc(F)c2F)CC1. The Balaban J connectivity index is 1.98. The standard InChI is InChI=1S/C13H14F4N2O4S/c1-24(21,22)19-4-2-18(3-5-19)10(20)7-23-13-11(16)8(14)6-9(15)12(13)17/h6H,2-5,7H2,1H3. The fourth-order valence-corrected chi connectivity index (χ4v) is 3.00.